The molecule has 9 nitrogen and oxygen atoms in total. The summed E-state index contributed by atoms with van der Waals surface area (Å²) in [5, 5.41) is 17.2. The Labute approximate surface area is 155 Å². The van der Waals surface area contributed by atoms with Crippen molar-refractivity contribution in [3.05, 3.63) is 66.0 Å². The van der Waals surface area contributed by atoms with Gasteiger partial charge in [0.25, 0.3) is 5.91 Å². The number of likely N-dealkylation sites (N-methyl/N-ethyl adjacent to an activating group) is 1. The molecular formula is C18H18N6O3. The van der Waals surface area contributed by atoms with Gasteiger partial charge in [-0.3, -0.25) is 4.79 Å². The van der Waals surface area contributed by atoms with E-state index in [1.807, 2.05) is 13.0 Å². The average Bonchev–Trinajstić information content (AvgIpc) is 3.23. The zero-order chi connectivity index (χ0) is 19.2. The maximum Gasteiger partial charge on any atom is 0.354 e. The number of rotatable bonds is 7. The lowest BCUT2D eigenvalue weighted by Crippen LogP contribution is -2.33. The second kappa shape index (κ2) is 8.17. The predicted octanol–water partition coefficient (Wildman–Crippen LogP) is 1.46. The summed E-state index contributed by atoms with van der Waals surface area (Å²) in [5.41, 5.74) is 1.01. The molecule has 0 aliphatic rings. The number of para-hydroxylation sites is 1. The van der Waals surface area contributed by atoms with Crippen LogP contribution in [0.25, 0.3) is 5.69 Å². The molecular weight excluding hydrogens is 348 g/mol. The van der Waals surface area contributed by atoms with Crippen molar-refractivity contribution in [3.8, 4) is 5.69 Å². The minimum Gasteiger partial charge on any atom is -0.477 e. The molecule has 0 saturated carbocycles. The largest absolute Gasteiger partial charge is 0.477 e. The highest BCUT2D eigenvalue weighted by molar-refractivity contribution is 5.97. The fraction of sp³-hybridized carbons (Fsp3) is 0.222. The number of carboxylic acid groups (broad SMARTS) is 1. The molecule has 0 spiro atoms. The Hall–Kier alpha value is -3.62. The van der Waals surface area contributed by atoms with Crippen molar-refractivity contribution >= 4 is 11.9 Å². The van der Waals surface area contributed by atoms with Crippen molar-refractivity contribution in [2.45, 2.75) is 13.3 Å². The number of benzene rings is 1. The first-order valence-electron chi connectivity index (χ1n) is 8.40. The normalized spacial score (nSPS) is 10.6. The van der Waals surface area contributed by atoms with Gasteiger partial charge in [0.1, 0.15) is 5.82 Å². The van der Waals surface area contributed by atoms with E-state index in [2.05, 4.69) is 20.2 Å². The van der Waals surface area contributed by atoms with Crippen molar-refractivity contribution in [3.63, 3.8) is 0 Å². The molecule has 138 valence electrons. The van der Waals surface area contributed by atoms with Gasteiger partial charge in [0.15, 0.2) is 5.69 Å². The molecule has 0 aliphatic carbocycles. The summed E-state index contributed by atoms with van der Waals surface area (Å²) in [6, 6.07) is 8.44. The molecule has 0 radical (unpaired) electrons. The van der Waals surface area contributed by atoms with Crippen LogP contribution in [0, 0.1) is 0 Å². The van der Waals surface area contributed by atoms with Crippen LogP contribution in [0.5, 0.6) is 0 Å². The number of carboxylic acids is 1. The molecule has 0 bridgehead atoms. The first-order chi connectivity index (χ1) is 13.1. The predicted molar refractivity (Wildman–Crippen MR) is 95.6 cm³/mol. The van der Waals surface area contributed by atoms with Crippen LogP contribution in [0.15, 0.2) is 48.9 Å². The van der Waals surface area contributed by atoms with E-state index >= 15 is 0 Å². The molecule has 2 heterocycles. The third kappa shape index (κ3) is 4.14. The van der Waals surface area contributed by atoms with Crippen LogP contribution < -0.4 is 0 Å². The molecule has 2 aromatic heterocycles. The van der Waals surface area contributed by atoms with Gasteiger partial charge in [0, 0.05) is 25.7 Å². The summed E-state index contributed by atoms with van der Waals surface area (Å²) < 4.78 is 0. The zero-order valence-electron chi connectivity index (χ0n) is 14.7. The molecule has 9 heteroatoms. The van der Waals surface area contributed by atoms with E-state index < -0.39 is 5.97 Å². The average molecular weight is 366 g/mol. The third-order valence-electron chi connectivity index (χ3n) is 3.97. The zero-order valence-corrected chi connectivity index (χ0v) is 14.7. The van der Waals surface area contributed by atoms with E-state index in [-0.39, 0.29) is 11.6 Å². The lowest BCUT2D eigenvalue weighted by molar-refractivity contribution is 0.0687. The number of aromatic carboxylic acids is 1. The summed E-state index contributed by atoms with van der Waals surface area (Å²) in [6.45, 7) is 2.72. The maximum atomic E-state index is 13.0. The lowest BCUT2D eigenvalue weighted by atomic mass is 10.1. The van der Waals surface area contributed by atoms with Crippen LogP contribution in [0.4, 0.5) is 0 Å². The number of hydrogen-bond acceptors (Lipinski definition) is 6. The SMILES string of the molecule is CCN(CCc1nccc(C(=O)O)n1)C(=O)c1ccccc1-n1nccn1. The maximum absolute atomic E-state index is 13.0. The summed E-state index contributed by atoms with van der Waals surface area (Å²) in [7, 11) is 0. The second-order valence-corrected chi connectivity index (χ2v) is 5.63. The Morgan fingerprint density at radius 2 is 1.85 bits per heavy atom. The number of aromatic nitrogens is 5. The van der Waals surface area contributed by atoms with Crippen molar-refractivity contribution in [2.75, 3.05) is 13.1 Å². The van der Waals surface area contributed by atoms with E-state index in [0.717, 1.165) is 0 Å². The van der Waals surface area contributed by atoms with Gasteiger partial charge >= 0.3 is 5.97 Å². The van der Waals surface area contributed by atoms with Gasteiger partial charge in [-0.15, -0.1) is 0 Å². The van der Waals surface area contributed by atoms with Gasteiger partial charge in [-0.05, 0) is 25.1 Å². The topological polar surface area (TPSA) is 114 Å². The van der Waals surface area contributed by atoms with Crippen LogP contribution in [0.1, 0.15) is 33.6 Å². The quantitative estimate of drug-likeness (QED) is 0.673. The Kier molecular flexibility index (Phi) is 5.50. The molecule has 3 rings (SSSR count). The van der Waals surface area contributed by atoms with Gasteiger partial charge < -0.3 is 10.0 Å². The molecule has 3 aromatic rings. The Balaban J connectivity index is 1.78. The van der Waals surface area contributed by atoms with E-state index in [9.17, 15) is 9.59 Å². The fourth-order valence-electron chi connectivity index (χ4n) is 2.62. The first kappa shape index (κ1) is 18.2. The van der Waals surface area contributed by atoms with E-state index in [1.165, 1.54) is 17.1 Å². The van der Waals surface area contributed by atoms with Crippen molar-refractivity contribution in [1.29, 1.82) is 0 Å². The smallest absolute Gasteiger partial charge is 0.354 e. The molecule has 1 amide bonds. The summed E-state index contributed by atoms with van der Waals surface area (Å²) in [4.78, 5) is 35.2. The van der Waals surface area contributed by atoms with Crippen molar-refractivity contribution in [1.82, 2.24) is 29.9 Å². The van der Waals surface area contributed by atoms with Crippen LogP contribution in [-0.4, -0.2) is 59.9 Å². The van der Waals surface area contributed by atoms with Gasteiger partial charge in [-0.25, -0.2) is 14.8 Å². The summed E-state index contributed by atoms with van der Waals surface area (Å²) in [6.07, 6.45) is 4.85. The number of amides is 1. The monoisotopic (exact) mass is 366 g/mol. The summed E-state index contributed by atoms with van der Waals surface area (Å²) in [5.74, 6) is -0.898. The van der Waals surface area contributed by atoms with E-state index in [0.29, 0.717) is 36.6 Å². The van der Waals surface area contributed by atoms with Crippen molar-refractivity contribution in [2.24, 2.45) is 0 Å². The molecule has 1 aromatic carbocycles. The molecule has 0 unspecified atom stereocenters. The molecule has 0 atom stereocenters. The van der Waals surface area contributed by atoms with Gasteiger partial charge in [-0.2, -0.15) is 15.0 Å². The third-order valence-corrected chi connectivity index (χ3v) is 3.97. The van der Waals surface area contributed by atoms with E-state index in [4.69, 9.17) is 5.11 Å². The van der Waals surface area contributed by atoms with Crippen LogP contribution >= 0.6 is 0 Å². The highest BCUT2D eigenvalue weighted by atomic mass is 16.4. The van der Waals surface area contributed by atoms with Gasteiger partial charge in [-0.1, -0.05) is 12.1 Å². The highest BCUT2D eigenvalue weighted by Gasteiger charge is 2.19. The minimum absolute atomic E-state index is 0.0653. The molecule has 0 aliphatic heterocycles. The lowest BCUT2D eigenvalue weighted by Gasteiger charge is -2.21. The first-order valence-corrected chi connectivity index (χ1v) is 8.40. The Bertz CT molecular complexity index is 942. The number of nitrogens with zero attached hydrogens (tertiary/aromatic N) is 6. The minimum atomic E-state index is -1.11. The number of carbonyl (C=O) groups is 2. The van der Waals surface area contributed by atoms with Crippen LogP contribution in [0.2, 0.25) is 0 Å². The standard InChI is InChI=1S/C18H18N6O3/c1-2-23(12-8-16-19-9-7-14(22-16)18(26)27)17(25)13-5-3-4-6-15(13)24-20-10-11-21-24/h3-7,9-11H,2,8,12H2,1H3,(H,26,27). The molecule has 0 fully saturated rings. The number of hydrogen-bond donors (Lipinski definition) is 1. The van der Waals surface area contributed by atoms with Gasteiger partial charge in [0.05, 0.1) is 23.6 Å². The second-order valence-electron chi connectivity index (χ2n) is 5.63. The van der Waals surface area contributed by atoms with Crippen LogP contribution in [-0.2, 0) is 6.42 Å². The van der Waals surface area contributed by atoms with Crippen molar-refractivity contribution < 1.29 is 14.7 Å². The Morgan fingerprint density at radius 1 is 1.11 bits per heavy atom. The molecule has 1 N–H and O–H groups in total. The molecule has 27 heavy (non-hydrogen) atoms. The fourth-order valence-corrected chi connectivity index (χ4v) is 2.62. The summed E-state index contributed by atoms with van der Waals surface area (Å²) >= 11 is 0. The van der Waals surface area contributed by atoms with E-state index in [1.54, 1.807) is 35.5 Å². The molecule has 0 saturated heterocycles. The van der Waals surface area contributed by atoms with Crippen LogP contribution in [0.3, 0.4) is 0 Å². The Morgan fingerprint density at radius 3 is 2.56 bits per heavy atom. The number of carbonyl (C=O) groups excluding carboxylic acids is 1. The van der Waals surface area contributed by atoms with Gasteiger partial charge in [0.2, 0.25) is 0 Å². The highest BCUT2D eigenvalue weighted by Crippen LogP contribution is 2.15.